The first-order chi connectivity index (χ1) is 11.7. The SMILES string of the molecule is C#COc1cccc(CCC(=O)CCc2cccc(OC#C)c2)c1. The Balaban J connectivity index is 1.81. The van der Waals surface area contributed by atoms with Crippen molar-refractivity contribution < 1.29 is 14.3 Å². The largest absolute Gasteiger partial charge is 0.408 e. The topological polar surface area (TPSA) is 35.5 Å². The zero-order valence-corrected chi connectivity index (χ0v) is 13.3. The summed E-state index contributed by atoms with van der Waals surface area (Å²) >= 11 is 0. The molecule has 120 valence electrons. The summed E-state index contributed by atoms with van der Waals surface area (Å²) in [6.07, 6.45) is 16.8. The van der Waals surface area contributed by atoms with Gasteiger partial charge < -0.3 is 9.47 Å². The third-order valence-electron chi connectivity index (χ3n) is 3.54. The van der Waals surface area contributed by atoms with Crippen molar-refractivity contribution in [3.8, 4) is 36.6 Å². The molecule has 0 spiro atoms. The molecule has 0 unspecified atom stereocenters. The highest BCUT2D eigenvalue weighted by molar-refractivity contribution is 5.78. The van der Waals surface area contributed by atoms with Crippen LogP contribution >= 0.6 is 0 Å². The van der Waals surface area contributed by atoms with Gasteiger partial charge in [-0.2, -0.15) is 0 Å². The second kappa shape index (κ2) is 9.08. The monoisotopic (exact) mass is 318 g/mol. The Morgan fingerprint density at radius 2 is 1.29 bits per heavy atom. The maximum Gasteiger partial charge on any atom is 0.140 e. The van der Waals surface area contributed by atoms with Crippen molar-refractivity contribution in [3.63, 3.8) is 0 Å². The van der Waals surface area contributed by atoms with E-state index in [-0.39, 0.29) is 5.78 Å². The maximum absolute atomic E-state index is 12.1. The maximum atomic E-state index is 12.1. The number of ketones is 1. The first-order valence-corrected chi connectivity index (χ1v) is 7.65. The first-order valence-electron chi connectivity index (χ1n) is 7.65. The van der Waals surface area contributed by atoms with Crippen LogP contribution in [0.25, 0.3) is 0 Å². The van der Waals surface area contributed by atoms with Gasteiger partial charge in [0.15, 0.2) is 0 Å². The van der Waals surface area contributed by atoms with E-state index in [0.29, 0.717) is 37.2 Å². The molecule has 2 aromatic rings. The van der Waals surface area contributed by atoms with Gasteiger partial charge >= 0.3 is 0 Å². The average Bonchev–Trinajstić information content (AvgIpc) is 2.59. The van der Waals surface area contributed by atoms with Gasteiger partial charge in [0.1, 0.15) is 29.5 Å². The number of Topliss-reactive ketones (excluding diaryl/α,β-unsaturated/α-hetero) is 1. The Morgan fingerprint density at radius 1 is 0.833 bits per heavy atom. The summed E-state index contributed by atoms with van der Waals surface area (Å²) in [6, 6.07) is 14.9. The van der Waals surface area contributed by atoms with Crippen molar-refractivity contribution in [2.75, 3.05) is 0 Å². The van der Waals surface area contributed by atoms with Crippen LogP contribution in [-0.2, 0) is 17.6 Å². The zero-order chi connectivity index (χ0) is 17.2. The molecule has 0 saturated carbocycles. The summed E-state index contributed by atoms with van der Waals surface area (Å²) < 4.78 is 10.0. The van der Waals surface area contributed by atoms with Crippen molar-refractivity contribution in [2.24, 2.45) is 0 Å². The van der Waals surface area contributed by atoms with Crippen LogP contribution in [0.4, 0.5) is 0 Å². The fourth-order valence-electron chi connectivity index (χ4n) is 2.36. The number of benzene rings is 2. The Labute approximate surface area is 142 Å². The predicted octanol–water partition coefficient (Wildman–Crippen LogP) is 3.76. The van der Waals surface area contributed by atoms with E-state index in [1.807, 2.05) is 36.4 Å². The van der Waals surface area contributed by atoms with Crippen LogP contribution in [0, 0.1) is 25.1 Å². The molecule has 0 aliphatic rings. The Hall–Kier alpha value is -3.17. The van der Waals surface area contributed by atoms with E-state index >= 15 is 0 Å². The van der Waals surface area contributed by atoms with Gasteiger partial charge in [0.2, 0.25) is 0 Å². The minimum atomic E-state index is 0.210. The molecule has 0 amide bonds. The summed E-state index contributed by atoms with van der Waals surface area (Å²) in [4.78, 5) is 12.1. The fourth-order valence-corrected chi connectivity index (χ4v) is 2.36. The molecule has 0 atom stereocenters. The molecule has 3 heteroatoms. The quantitative estimate of drug-likeness (QED) is 0.695. The first kappa shape index (κ1) is 17.2. The summed E-state index contributed by atoms with van der Waals surface area (Å²) in [6.45, 7) is 0. The fraction of sp³-hybridized carbons (Fsp3) is 0.190. The molecular formula is C21H18O3. The van der Waals surface area contributed by atoms with Crippen molar-refractivity contribution in [2.45, 2.75) is 25.7 Å². The summed E-state index contributed by atoms with van der Waals surface area (Å²) in [5.41, 5.74) is 2.06. The molecule has 0 aliphatic carbocycles. The number of hydrogen-bond donors (Lipinski definition) is 0. The van der Waals surface area contributed by atoms with Gasteiger partial charge in [0, 0.05) is 12.8 Å². The van der Waals surface area contributed by atoms with Crippen molar-refractivity contribution in [3.05, 3.63) is 59.7 Å². The highest BCUT2D eigenvalue weighted by Crippen LogP contribution is 2.17. The van der Waals surface area contributed by atoms with E-state index in [1.54, 1.807) is 12.1 Å². The number of ether oxygens (including phenoxy) is 2. The van der Waals surface area contributed by atoms with Gasteiger partial charge in [-0.15, -0.1) is 0 Å². The minimum absolute atomic E-state index is 0.210. The van der Waals surface area contributed by atoms with Crippen LogP contribution in [0.15, 0.2) is 48.5 Å². The Morgan fingerprint density at radius 3 is 1.71 bits per heavy atom. The molecule has 0 heterocycles. The van der Waals surface area contributed by atoms with Crippen LogP contribution < -0.4 is 9.47 Å². The van der Waals surface area contributed by atoms with Gasteiger partial charge in [-0.25, -0.2) is 0 Å². The lowest BCUT2D eigenvalue weighted by Crippen LogP contribution is -2.02. The van der Waals surface area contributed by atoms with Crippen molar-refractivity contribution in [1.82, 2.24) is 0 Å². The molecule has 0 aliphatic heterocycles. The molecule has 0 saturated heterocycles. The summed E-state index contributed by atoms with van der Waals surface area (Å²) in [7, 11) is 0. The highest BCUT2D eigenvalue weighted by Gasteiger charge is 2.05. The number of aryl methyl sites for hydroxylation is 2. The molecule has 2 aromatic carbocycles. The second-order valence-corrected chi connectivity index (χ2v) is 5.27. The molecule has 2 rings (SSSR count). The summed E-state index contributed by atoms with van der Waals surface area (Å²) in [5, 5.41) is 0. The van der Waals surface area contributed by atoms with Crippen LogP contribution in [0.2, 0.25) is 0 Å². The molecule has 3 nitrogen and oxygen atoms in total. The van der Waals surface area contributed by atoms with Gasteiger partial charge in [-0.05, 0) is 48.2 Å². The van der Waals surface area contributed by atoms with Crippen molar-refractivity contribution >= 4 is 5.78 Å². The van der Waals surface area contributed by atoms with Gasteiger partial charge in [-0.1, -0.05) is 37.1 Å². The smallest absolute Gasteiger partial charge is 0.140 e. The third-order valence-corrected chi connectivity index (χ3v) is 3.54. The van der Waals surface area contributed by atoms with E-state index in [9.17, 15) is 4.79 Å². The summed E-state index contributed by atoms with van der Waals surface area (Å²) in [5.74, 6) is 1.45. The number of rotatable bonds is 8. The minimum Gasteiger partial charge on any atom is -0.408 e. The van der Waals surface area contributed by atoms with Crippen LogP contribution in [0.1, 0.15) is 24.0 Å². The van der Waals surface area contributed by atoms with E-state index in [0.717, 1.165) is 11.1 Å². The lowest BCUT2D eigenvalue weighted by atomic mass is 10.0. The van der Waals surface area contributed by atoms with E-state index in [2.05, 4.69) is 12.2 Å². The number of hydrogen-bond acceptors (Lipinski definition) is 3. The molecule has 0 radical (unpaired) electrons. The number of carbonyl (C=O) groups excluding carboxylic acids is 1. The molecule has 0 fully saturated rings. The Kier molecular flexibility index (Phi) is 6.50. The zero-order valence-electron chi connectivity index (χ0n) is 13.3. The van der Waals surface area contributed by atoms with Gasteiger partial charge in [0.05, 0.1) is 0 Å². The molecule has 0 N–H and O–H groups in total. The normalized spacial score (nSPS) is 9.58. The third kappa shape index (κ3) is 5.55. The lowest BCUT2D eigenvalue weighted by Gasteiger charge is -2.05. The molecule has 0 aromatic heterocycles. The number of carbonyl (C=O) groups is 1. The average molecular weight is 318 g/mol. The van der Waals surface area contributed by atoms with E-state index in [1.165, 1.54) is 0 Å². The van der Waals surface area contributed by atoms with Gasteiger partial charge in [-0.3, -0.25) is 4.79 Å². The lowest BCUT2D eigenvalue weighted by molar-refractivity contribution is -0.119. The Bertz CT molecular complexity index is 713. The van der Waals surface area contributed by atoms with Crippen LogP contribution in [0.3, 0.4) is 0 Å². The predicted molar refractivity (Wildman–Crippen MR) is 93.5 cm³/mol. The standard InChI is InChI=1S/C21H18O3/c1-3-23-20-9-5-7-17(15-20)11-13-19(22)14-12-18-8-6-10-21(16-18)24-4-2/h1-2,5-10,15-16H,11-14H2. The van der Waals surface area contributed by atoms with Crippen LogP contribution in [-0.4, -0.2) is 5.78 Å². The highest BCUT2D eigenvalue weighted by atomic mass is 16.5. The van der Waals surface area contributed by atoms with E-state index < -0.39 is 0 Å². The van der Waals surface area contributed by atoms with Crippen molar-refractivity contribution in [1.29, 1.82) is 0 Å². The van der Waals surface area contributed by atoms with E-state index in [4.69, 9.17) is 22.3 Å². The van der Waals surface area contributed by atoms with Crippen LogP contribution in [0.5, 0.6) is 11.5 Å². The molecular weight excluding hydrogens is 300 g/mol. The number of terminal acetylenes is 2. The van der Waals surface area contributed by atoms with Gasteiger partial charge in [0.25, 0.3) is 0 Å². The second-order valence-electron chi connectivity index (χ2n) is 5.27. The molecule has 0 bridgehead atoms. The molecule has 24 heavy (non-hydrogen) atoms.